The van der Waals surface area contributed by atoms with Crippen LogP contribution in [-0.4, -0.2) is 30.2 Å². The van der Waals surface area contributed by atoms with Gasteiger partial charge in [0.05, 0.1) is 18.8 Å². The van der Waals surface area contributed by atoms with Crippen molar-refractivity contribution in [2.24, 2.45) is 11.8 Å². The molecule has 18 heavy (non-hydrogen) atoms. The lowest BCUT2D eigenvalue weighted by Gasteiger charge is -2.24. The van der Waals surface area contributed by atoms with E-state index in [0.29, 0.717) is 0 Å². The molecule has 102 valence electrons. The maximum absolute atomic E-state index is 5.01. The van der Waals surface area contributed by atoms with Gasteiger partial charge >= 0.3 is 0 Å². The van der Waals surface area contributed by atoms with Gasteiger partial charge in [-0.1, -0.05) is 13.8 Å². The summed E-state index contributed by atoms with van der Waals surface area (Å²) in [6.07, 6.45) is 3.58. The third-order valence-corrected chi connectivity index (χ3v) is 3.85. The predicted octanol–water partition coefficient (Wildman–Crippen LogP) is 1.91. The molecule has 0 amide bonds. The normalized spacial score (nSPS) is 19.2. The number of nitrogens with zero attached hydrogens (tertiary/aromatic N) is 1. The zero-order valence-corrected chi connectivity index (χ0v) is 11.8. The number of hydrogen-bond donors (Lipinski definition) is 2. The molecule has 2 N–H and O–H groups in total. The van der Waals surface area contributed by atoms with E-state index in [1.807, 2.05) is 0 Å². The molecule has 4 heteroatoms. The molecule has 1 aliphatic rings. The maximum atomic E-state index is 5.01. The number of H-pyrrole nitrogens is 1. The number of aryl methyl sites for hydroxylation is 1. The van der Waals surface area contributed by atoms with Crippen LogP contribution in [0.3, 0.4) is 0 Å². The second kappa shape index (κ2) is 6.34. The van der Waals surface area contributed by atoms with E-state index in [4.69, 9.17) is 4.74 Å². The van der Waals surface area contributed by atoms with Crippen LogP contribution in [0.1, 0.15) is 37.5 Å². The smallest absolute Gasteiger partial charge is 0.120 e. The molecule has 0 aromatic carbocycles. The van der Waals surface area contributed by atoms with Crippen LogP contribution in [-0.2, 0) is 24.1 Å². The first-order chi connectivity index (χ1) is 8.70. The van der Waals surface area contributed by atoms with Crippen LogP contribution in [0.2, 0.25) is 0 Å². The highest BCUT2D eigenvalue weighted by molar-refractivity contribution is 5.18. The first-order valence-corrected chi connectivity index (χ1v) is 6.97. The summed E-state index contributed by atoms with van der Waals surface area (Å²) in [5, 5.41) is 3.33. The number of aromatic nitrogens is 2. The fourth-order valence-electron chi connectivity index (χ4n) is 2.60. The number of rotatable bonds is 6. The van der Waals surface area contributed by atoms with E-state index in [-0.39, 0.29) is 0 Å². The minimum absolute atomic E-state index is 0.746. The molecule has 4 nitrogen and oxygen atoms in total. The minimum atomic E-state index is 0.746. The van der Waals surface area contributed by atoms with Crippen molar-refractivity contribution in [3.05, 3.63) is 17.2 Å². The van der Waals surface area contributed by atoms with Crippen molar-refractivity contribution in [3.8, 4) is 0 Å². The van der Waals surface area contributed by atoms with Crippen molar-refractivity contribution < 1.29 is 4.74 Å². The van der Waals surface area contributed by atoms with Crippen molar-refractivity contribution in [1.29, 1.82) is 0 Å². The molecule has 1 aromatic heterocycles. The van der Waals surface area contributed by atoms with Gasteiger partial charge in [0, 0.05) is 19.3 Å². The van der Waals surface area contributed by atoms with Crippen LogP contribution < -0.4 is 5.32 Å². The highest BCUT2D eigenvalue weighted by Crippen LogP contribution is 2.28. The van der Waals surface area contributed by atoms with E-state index >= 15 is 0 Å². The summed E-state index contributed by atoms with van der Waals surface area (Å²) in [5.41, 5.74) is 2.65. The molecule has 1 heterocycles. The minimum Gasteiger partial charge on any atom is -0.383 e. The van der Waals surface area contributed by atoms with E-state index in [2.05, 4.69) is 29.1 Å². The maximum Gasteiger partial charge on any atom is 0.120 e. The van der Waals surface area contributed by atoms with Crippen LogP contribution in [0.4, 0.5) is 0 Å². The average Bonchev–Trinajstić information content (AvgIpc) is 2.76. The molecule has 1 unspecified atom stereocenters. The van der Waals surface area contributed by atoms with Gasteiger partial charge in [0.15, 0.2) is 0 Å². The Hall–Kier alpha value is -0.870. The molecule has 1 aromatic rings. The number of methoxy groups -OCH3 is 1. The third kappa shape index (κ3) is 3.33. The number of ether oxygens (including phenoxy) is 1. The summed E-state index contributed by atoms with van der Waals surface area (Å²) < 4.78 is 5.01. The monoisotopic (exact) mass is 251 g/mol. The fourth-order valence-corrected chi connectivity index (χ4v) is 2.60. The van der Waals surface area contributed by atoms with E-state index in [1.54, 1.807) is 7.11 Å². The largest absolute Gasteiger partial charge is 0.383 e. The van der Waals surface area contributed by atoms with Gasteiger partial charge in [0.25, 0.3) is 0 Å². The number of nitrogens with one attached hydrogen (secondary N) is 2. The number of aromatic amines is 1. The molecule has 2 rings (SSSR count). The Labute approximate surface area is 110 Å². The van der Waals surface area contributed by atoms with E-state index in [9.17, 15) is 0 Å². The van der Waals surface area contributed by atoms with Gasteiger partial charge in [-0.25, -0.2) is 4.98 Å². The highest BCUT2D eigenvalue weighted by atomic mass is 16.5. The number of imidazole rings is 1. The molecule has 0 aliphatic heterocycles. The van der Waals surface area contributed by atoms with Gasteiger partial charge < -0.3 is 15.0 Å². The molecule has 0 radical (unpaired) electrons. The second-order valence-corrected chi connectivity index (χ2v) is 5.53. The van der Waals surface area contributed by atoms with Gasteiger partial charge in [0.2, 0.25) is 0 Å². The van der Waals surface area contributed by atoms with Crippen LogP contribution in [0.25, 0.3) is 0 Å². The summed E-state index contributed by atoms with van der Waals surface area (Å²) in [6.45, 7) is 7.06. The van der Waals surface area contributed by atoms with Crippen molar-refractivity contribution in [2.45, 2.75) is 39.7 Å². The molecular formula is C14H25N3O. The van der Waals surface area contributed by atoms with Gasteiger partial charge in [-0.05, 0) is 31.1 Å². The Morgan fingerprint density at radius 3 is 3.06 bits per heavy atom. The molecule has 0 spiro atoms. The third-order valence-electron chi connectivity index (χ3n) is 3.85. The molecule has 0 saturated carbocycles. The lowest BCUT2D eigenvalue weighted by atomic mass is 9.82. The molecular weight excluding hydrogens is 226 g/mol. The zero-order valence-electron chi connectivity index (χ0n) is 11.8. The SMILES string of the molecule is COCCNCc1nc2c([nH]1)CC(C(C)C)CC2. The standard InChI is InChI=1S/C14H25N3O/c1-10(2)11-4-5-12-13(8-11)17-14(16-12)9-15-6-7-18-3/h10-11,15H,4-9H2,1-3H3,(H,16,17). The number of fused-ring (bicyclic) bond motifs is 1. The Bertz CT molecular complexity index is 373. The van der Waals surface area contributed by atoms with Crippen LogP contribution in [0.5, 0.6) is 0 Å². The fraction of sp³-hybridized carbons (Fsp3) is 0.786. The van der Waals surface area contributed by atoms with Gasteiger partial charge in [-0.3, -0.25) is 0 Å². The summed E-state index contributed by atoms with van der Waals surface area (Å²) in [4.78, 5) is 8.16. The van der Waals surface area contributed by atoms with Gasteiger partial charge in [-0.15, -0.1) is 0 Å². The Morgan fingerprint density at radius 2 is 2.33 bits per heavy atom. The van der Waals surface area contributed by atoms with Crippen LogP contribution >= 0.6 is 0 Å². The van der Waals surface area contributed by atoms with E-state index < -0.39 is 0 Å². The van der Waals surface area contributed by atoms with Crippen molar-refractivity contribution in [3.63, 3.8) is 0 Å². The van der Waals surface area contributed by atoms with Gasteiger partial charge in [0.1, 0.15) is 5.82 Å². The molecule has 1 aliphatic carbocycles. The zero-order chi connectivity index (χ0) is 13.0. The van der Waals surface area contributed by atoms with Crippen LogP contribution in [0.15, 0.2) is 0 Å². The second-order valence-electron chi connectivity index (χ2n) is 5.53. The Morgan fingerprint density at radius 1 is 1.50 bits per heavy atom. The lowest BCUT2D eigenvalue weighted by molar-refractivity contribution is 0.199. The topological polar surface area (TPSA) is 49.9 Å². The first kappa shape index (κ1) is 13.6. The molecule has 0 fully saturated rings. The number of hydrogen-bond acceptors (Lipinski definition) is 3. The summed E-state index contributed by atoms with van der Waals surface area (Å²) in [7, 11) is 1.72. The van der Waals surface area contributed by atoms with Crippen molar-refractivity contribution in [1.82, 2.24) is 15.3 Å². The van der Waals surface area contributed by atoms with E-state index in [1.165, 1.54) is 17.8 Å². The molecule has 0 bridgehead atoms. The summed E-state index contributed by atoms with van der Waals surface area (Å²) in [5.74, 6) is 2.65. The Balaban J connectivity index is 1.89. The lowest BCUT2D eigenvalue weighted by Crippen LogP contribution is -2.19. The predicted molar refractivity (Wildman–Crippen MR) is 72.5 cm³/mol. The molecule has 0 saturated heterocycles. The summed E-state index contributed by atoms with van der Waals surface area (Å²) >= 11 is 0. The first-order valence-electron chi connectivity index (χ1n) is 6.97. The van der Waals surface area contributed by atoms with E-state index in [0.717, 1.165) is 50.2 Å². The average molecular weight is 251 g/mol. The Kier molecular flexibility index (Phi) is 4.78. The quantitative estimate of drug-likeness (QED) is 0.759. The van der Waals surface area contributed by atoms with Crippen molar-refractivity contribution >= 4 is 0 Å². The van der Waals surface area contributed by atoms with Crippen LogP contribution in [0, 0.1) is 11.8 Å². The highest BCUT2D eigenvalue weighted by Gasteiger charge is 2.23. The van der Waals surface area contributed by atoms with Gasteiger partial charge in [-0.2, -0.15) is 0 Å². The van der Waals surface area contributed by atoms with Crippen molar-refractivity contribution in [2.75, 3.05) is 20.3 Å². The molecule has 1 atom stereocenters. The summed E-state index contributed by atoms with van der Waals surface area (Å²) in [6, 6.07) is 0.